The molecule has 2 rings (SSSR count). The monoisotopic (exact) mass is 362 g/mol. The molecule has 0 N–H and O–H groups in total. The lowest BCUT2D eigenvalue weighted by Gasteiger charge is -2.19. The molecule has 0 unspecified atom stereocenters. The zero-order valence-corrected chi connectivity index (χ0v) is 13.4. The molecule has 0 aliphatic rings. The highest BCUT2D eigenvalue weighted by Gasteiger charge is 2.32. The van der Waals surface area contributed by atoms with E-state index in [0.717, 1.165) is 28.6 Å². The van der Waals surface area contributed by atoms with E-state index in [-0.39, 0.29) is 16.6 Å². The number of nitrogens with zero attached hydrogens (tertiary/aromatic N) is 2. The normalized spacial score (nSPS) is 11.9. The van der Waals surface area contributed by atoms with Crippen LogP contribution in [0.1, 0.15) is 0 Å². The van der Waals surface area contributed by atoms with Crippen molar-refractivity contribution in [1.29, 1.82) is 0 Å². The number of ether oxygens (including phenoxy) is 2. The summed E-state index contributed by atoms with van der Waals surface area (Å²) in [7, 11) is -1.52. The Hall–Kier alpha value is -2.49. The maximum atomic E-state index is 12.6. The van der Waals surface area contributed by atoms with Crippen molar-refractivity contribution in [2.45, 2.75) is 11.3 Å². The number of sulfonamides is 1. The summed E-state index contributed by atoms with van der Waals surface area (Å²) in [6.07, 6.45) is -4.91. The molecule has 1 heterocycles. The van der Waals surface area contributed by atoms with Crippen LogP contribution in [-0.4, -0.2) is 33.9 Å². The number of alkyl halides is 3. The summed E-state index contributed by atoms with van der Waals surface area (Å²) in [6.45, 7) is 0. The highest BCUT2D eigenvalue weighted by Crippen LogP contribution is 2.27. The molecule has 0 spiro atoms. The number of methoxy groups -OCH3 is 1. The fraction of sp³-hybridized carbons (Fsp3) is 0.214. The van der Waals surface area contributed by atoms with Gasteiger partial charge in [0.05, 0.1) is 12.0 Å². The molecular weight excluding hydrogens is 349 g/mol. The first-order valence-corrected chi connectivity index (χ1v) is 7.93. The number of pyridine rings is 1. The van der Waals surface area contributed by atoms with Crippen molar-refractivity contribution in [3.63, 3.8) is 0 Å². The predicted molar refractivity (Wildman–Crippen MR) is 79.5 cm³/mol. The molecule has 0 aliphatic heterocycles. The summed E-state index contributed by atoms with van der Waals surface area (Å²) < 4.78 is 71.4. The second-order valence-corrected chi connectivity index (χ2v) is 6.50. The van der Waals surface area contributed by atoms with Crippen molar-refractivity contribution >= 4 is 15.8 Å². The summed E-state index contributed by atoms with van der Waals surface area (Å²) in [4.78, 5) is 3.61. The van der Waals surface area contributed by atoms with Gasteiger partial charge >= 0.3 is 6.36 Å². The van der Waals surface area contributed by atoms with Gasteiger partial charge in [0, 0.05) is 19.2 Å². The molecule has 0 bridgehead atoms. The molecule has 6 nitrogen and oxygen atoms in total. The molecule has 0 saturated carbocycles. The highest BCUT2D eigenvalue weighted by molar-refractivity contribution is 7.92. The maximum absolute atomic E-state index is 12.6. The van der Waals surface area contributed by atoms with Crippen LogP contribution in [0.5, 0.6) is 11.6 Å². The van der Waals surface area contributed by atoms with Crippen LogP contribution in [0, 0.1) is 0 Å². The van der Waals surface area contributed by atoms with Crippen LogP contribution < -0.4 is 13.8 Å². The molecule has 0 fully saturated rings. The first-order valence-electron chi connectivity index (χ1n) is 6.49. The fourth-order valence-corrected chi connectivity index (χ4v) is 2.99. The molecule has 24 heavy (non-hydrogen) atoms. The lowest BCUT2D eigenvalue weighted by atomic mass is 10.3. The standard InChI is InChI=1S/C14H13F3N2O4S/c1-19(12-7-4-8-13(18-12)22-2)24(20,21)11-6-3-5-10(9-11)23-14(15,16)17/h3-9H,1-2H3. The average Bonchev–Trinajstić information content (AvgIpc) is 2.52. The highest BCUT2D eigenvalue weighted by atomic mass is 32.2. The van der Waals surface area contributed by atoms with Crippen LogP contribution >= 0.6 is 0 Å². The van der Waals surface area contributed by atoms with Crippen LogP contribution in [0.3, 0.4) is 0 Å². The van der Waals surface area contributed by atoms with E-state index in [1.54, 1.807) is 0 Å². The molecule has 2 aromatic rings. The summed E-state index contributed by atoms with van der Waals surface area (Å²) in [5.41, 5.74) is 0. The predicted octanol–water partition coefficient (Wildman–Crippen LogP) is 2.81. The Balaban J connectivity index is 2.37. The molecule has 1 aromatic carbocycles. The number of rotatable bonds is 5. The van der Waals surface area contributed by atoms with E-state index in [1.807, 2.05) is 0 Å². The van der Waals surface area contributed by atoms with Gasteiger partial charge in [-0.15, -0.1) is 13.2 Å². The zero-order valence-electron chi connectivity index (χ0n) is 12.6. The van der Waals surface area contributed by atoms with Gasteiger partial charge in [-0.25, -0.2) is 8.42 Å². The van der Waals surface area contributed by atoms with E-state index in [9.17, 15) is 21.6 Å². The van der Waals surface area contributed by atoms with E-state index >= 15 is 0 Å². The first kappa shape index (κ1) is 17.9. The Morgan fingerprint density at radius 3 is 2.42 bits per heavy atom. The minimum absolute atomic E-state index is 0.0523. The molecule has 10 heteroatoms. The van der Waals surface area contributed by atoms with Crippen molar-refractivity contribution in [3.05, 3.63) is 42.5 Å². The zero-order chi connectivity index (χ0) is 18.0. The fourth-order valence-electron chi connectivity index (χ4n) is 1.81. The van der Waals surface area contributed by atoms with E-state index in [2.05, 4.69) is 9.72 Å². The van der Waals surface area contributed by atoms with Gasteiger partial charge in [-0.05, 0) is 18.2 Å². The van der Waals surface area contributed by atoms with Crippen molar-refractivity contribution in [1.82, 2.24) is 4.98 Å². The minimum Gasteiger partial charge on any atom is -0.481 e. The third-order valence-corrected chi connectivity index (χ3v) is 4.70. The topological polar surface area (TPSA) is 68.7 Å². The molecule has 0 amide bonds. The van der Waals surface area contributed by atoms with Crippen LogP contribution in [-0.2, 0) is 10.0 Å². The Kier molecular flexibility index (Phi) is 4.88. The van der Waals surface area contributed by atoms with Crippen LogP contribution in [0.2, 0.25) is 0 Å². The number of benzene rings is 1. The molecular formula is C14H13F3N2O4S. The second kappa shape index (κ2) is 6.56. The van der Waals surface area contributed by atoms with Gasteiger partial charge in [0.2, 0.25) is 5.88 Å². The Labute approximate surface area is 136 Å². The molecule has 0 radical (unpaired) electrons. The summed E-state index contributed by atoms with van der Waals surface area (Å²) in [6, 6.07) is 8.61. The van der Waals surface area contributed by atoms with Crippen LogP contribution in [0.25, 0.3) is 0 Å². The molecule has 130 valence electrons. The van der Waals surface area contributed by atoms with Crippen molar-refractivity contribution < 1.29 is 31.1 Å². The minimum atomic E-state index is -4.91. The number of aromatic nitrogens is 1. The first-order chi connectivity index (χ1) is 11.1. The van der Waals surface area contributed by atoms with E-state index in [1.165, 1.54) is 32.4 Å². The second-order valence-electron chi connectivity index (χ2n) is 4.53. The largest absolute Gasteiger partial charge is 0.573 e. The molecule has 0 saturated heterocycles. The Morgan fingerprint density at radius 1 is 1.12 bits per heavy atom. The van der Waals surface area contributed by atoms with Crippen LogP contribution in [0.15, 0.2) is 47.4 Å². The maximum Gasteiger partial charge on any atom is 0.573 e. The van der Waals surface area contributed by atoms with Crippen molar-refractivity contribution in [2.75, 3.05) is 18.5 Å². The Bertz CT molecular complexity index is 825. The lowest BCUT2D eigenvalue weighted by Crippen LogP contribution is -2.27. The van der Waals surface area contributed by atoms with E-state index in [4.69, 9.17) is 4.74 Å². The smallest absolute Gasteiger partial charge is 0.481 e. The number of hydrogen-bond acceptors (Lipinski definition) is 5. The van der Waals surface area contributed by atoms with Crippen molar-refractivity contribution in [3.8, 4) is 11.6 Å². The number of anilines is 1. The average molecular weight is 362 g/mol. The van der Waals surface area contributed by atoms with Gasteiger partial charge < -0.3 is 9.47 Å². The molecule has 1 aromatic heterocycles. The quantitative estimate of drug-likeness (QED) is 0.818. The third kappa shape index (κ3) is 4.07. The Morgan fingerprint density at radius 2 is 1.79 bits per heavy atom. The summed E-state index contributed by atoms with van der Waals surface area (Å²) in [5.74, 6) is -0.379. The number of halogens is 3. The summed E-state index contributed by atoms with van der Waals surface area (Å²) >= 11 is 0. The SMILES string of the molecule is COc1cccc(N(C)S(=O)(=O)c2cccc(OC(F)(F)F)c2)n1. The van der Waals surface area contributed by atoms with E-state index in [0.29, 0.717) is 0 Å². The van der Waals surface area contributed by atoms with Gasteiger partial charge in [-0.1, -0.05) is 12.1 Å². The van der Waals surface area contributed by atoms with Crippen molar-refractivity contribution in [2.24, 2.45) is 0 Å². The van der Waals surface area contributed by atoms with Gasteiger partial charge in [0.1, 0.15) is 11.6 Å². The van der Waals surface area contributed by atoms with E-state index < -0.39 is 22.1 Å². The van der Waals surface area contributed by atoms with Gasteiger partial charge in [0.25, 0.3) is 10.0 Å². The lowest BCUT2D eigenvalue weighted by molar-refractivity contribution is -0.274. The third-order valence-electron chi connectivity index (χ3n) is 2.94. The van der Waals surface area contributed by atoms with Gasteiger partial charge in [-0.2, -0.15) is 4.98 Å². The summed E-state index contributed by atoms with van der Waals surface area (Å²) in [5, 5.41) is 0. The molecule has 0 atom stereocenters. The van der Waals surface area contributed by atoms with Crippen LogP contribution in [0.4, 0.5) is 19.0 Å². The van der Waals surface area contributed by atoms with Gasteiger partial charge in [-0.3, -0.25) is 4.31 Å². The molecule has 0 aliphatic carbocycles. The van der Waals surface area contributed by atoms with Gasteiger partial charge in [0.15, 0.2) is 0 Å². The number of hydrogen-bond donors (Lipinski definition) is 0.